The highest BCUT2D eigenvalue weighted by atomic mass is 32.2. The van der Waals surface area contributed by atoms with Crippen molar-refractivity contribution in [2.75, 3.05) is 0 Å². The molecule has 3 nitrogen and oxygen atoms in total. The molecular weight excluding hydrogens is 661 g/mol. The molecular formula is C45H26BNO2S2. The van der Waals surface area contributed by atoms with E-state index in [4.69, 9.17) is 0 Å². The van der Waals surface area contributed by atoms with Crippen LogP contribution in [0.15, 0.2) is 175 Å². The number of fused-ring (bicyclic) bond motifs is 8. The molecule has 0 spiro atoms. The van der Waals surface area contributed by atoms with Gasteiger partial charge in [0.2, 0.25) is 6.71 Å². The van der Waals surface area contributed by atoms with Gasteiger partial charge in [0, 0.05) is 41.1 Å². The Bertz CT molecular complexity index is 3070. The number of rotatable bonds is 3. The molecule has 238 valence electrons. The minimum absolute atomic E-state index is 0.0495. The first-order valence-electron chi connectivity index (χ1n) is 17.2. The Balaban J connectivity index is 1.07. The molecule has 0 saturated heterocycles. The van der Waals surface area contributed by atoms with Crippen LogP contribution in [0, 0.1) is 0 Å². The predicted octanol–water partition coefficient (Wildman–Crippen LogP) is 8.26. The van der Waals surface area contributed by atoms with Crippen molar-refractivity contribution < 1.29 is 0 Å². The summed E-state index contributed by atoms with van der Waals surface area (Å²) in [5.74, 6) is 0. The quantitative estimate of drug-likeness (QED) is 0.107. The molecule has 2 aliphatic heterocycles. The van der Waals surface area contributed by atoms with Gasteiger partial charge in [0.05, 0.1) is 16.6 Å². The van der Waals surface area contributed by atoms with E-state index in [0.29, 0.717) is 33.5 Å². The molecule has 0 saturated carbocycles. The molecule has 0 bridgehead atoms. The Labute approximate surface area is 302 Å². The summed E-state index contributed by atoms with van der Waals surface area (Å²) < 4.78 is 2.12. The van der Waals surface area contributed by atoms with Gasteiger partial charge in [-0.25, -0.2) is 0 Å². The Morgan fingerprint density at radius 1 is 0.471 bits per heavy atom. The molecule has 6 heteroatoms. The van der Waals surface area contributed by atoms with Crippen LogP contribution in [0.5, 0.6) is 0 Å². The smallest absolute Gasteiger partial charge is 0.247 e. The lowest BCUT2D eigenvalue weighted by Gasteiger charge is -2.32. The van der Waals surface area contributed by atoms with Gasteiger partial charge in [-0.05, 0) is 94.8 Å². The lowest BCUT2D eigenvalue weighted by Crippen LogP contribution is -2.57. The fourth-order valence-corrected chi connectivity index (χ4v) is 10.8. The summed E-state index contributed by atoms with van der Waals surface area (Å²) >= 11 is 3.74. The van der Waals surface area contributed by atoms with E-state index in [2.05, 4.69) is 83.3 Å². The minimum Gasteiger partial charge on any atom is -0.308 e. The summed E-state index contributed by atoms with van der Waals surface area (Å²) in [4.78, 5) is 33.8. The zero-order chi connectivity index (χ0) is 33.8. The standard InChI is InChI=1S/C45H26BNO2S2/c48-44-30-11-4-6-13-36(30)47-37-20-18-26(22-31(37)45(49)33-25-29(24-32(44)43(33)47)28-9-2-1-3-10-28)21-27-17-19-35-41(23-27)51-40-16-8-15-39-42(40)46(35)34-12-5-7-14-38(34)50-39/h1-20,22-25H,21H2. The first-order valence-corrected chi connectivity index (χ1v) is 18.8. The van der Waals surface area contributed by atoms with Crippen molar-refractivity contribution in [1.29, 1.82) is 0 Å². The fourth-order valence-electron chi connectivity index (χ4n) is 8.38. The molecule has 9 aromatic rings. The maximum atomic E-state index is 14.5. The van der Waals surface area contributed by atoms with E-state index in [9.17, 15) is 9.59 Å². The summed E-state index contributed by atoms with van der Waals surface area (Å²) in [6, 6.07) is 50.3. The molecule has 0 unspecified atom stereocenters. The van der Waals surface area contributed by atoms with Crippen molar-refractivity contribution in [1.82, 2.24) is 4.40 Å². The number of nitrogens with zero attached hydrogens (tertiary/aromatic N) is 1. The average Bonchev–Trinajstić information content (AvgIpc) is 3.18. The molecule has 0 fully saturated rings. The van der Waals surface area contributed by atoms with Crippen molar-refractivity contribution in [2.24, 2.45) is 0 Å². The van der Waals surface area contributed by atoms with Crippen LogP contribution in [-0.4, -0.2) is 11.1 Å². The number of benzene rings is 7. The molecule has 7 aromatic carbocycles. The van der Waals surface area contributed by atoms with Crippen LogP contribution in [-0.2, 0) is 6.42 Å². The maximum absolute atomic E-state index is 14.5. The van der Waals surface area contributed by atoms with E-state index in [1.807, 2.05) is 90.3 Å². The first-order chi connectivity index (χ1) is 25.1. The van der Waals surface area contributed by atoms with E-state index in [1.165, 1.54) is 41.5 Å². The van der Waals surface area contributed by atoms with Crippen LogP contribution in [0.4, 0.5) is 0 Å². The van der Waals surface area contributed by atoms with Crippen LogP contribution in [0.3, 0.4) is 0 Å². The molecule has 0 N–H and O–H groups in total. The van der Waals surface area contributed by atoms with Crippen molar-refractivity contribution in [2.45, 2.75) is 26.0 Å². The maximum Gasteiger partial charge on any atom is 0.247 e. The van der Waals surface area contributed by atoms with E-state index in [-0.39, 0.29) is 17.6 Å². The van der Waals surface area contributed by atoms with E-state index < -0.39 is 0 Å². The molecule has 4 heterocycles. The van der Waals surface area contributed by atoms with E-state index in [0.717, 1.165) is 27.7 Å². The monoisotopic (exact) mass is 687 g/mol. The van der Waals surface area contributed by atoms with Crippen molar-refractivity contribution in [3.63, 3.8) is 0 Å². The number of para-hydroxylation sites is 1. The van der Waals surface area contributed by atoms with Gasteiger partial charge in [-0.2, -0.15) is 0 Å². The third-order valence-corrected chi connectivity index (χ3v) is 13.0. The van der Waals surface area contributed by atoms with Gasteiger partial charge in [-0.1, -0.05) is 119 Å². The normalized spacial score (nSPS) is 13.1. The number of hydrogen-bond acceptors (Lipinski definition) is 4. The number of aromatic nitrogens is 1. The fraction of sp³-hybridized carbons (Fsp3) is 0.0222. The Kier molecular flexibility index (Phi) is 6.28. The lowest BCUT2D eigenvalue weighted by molar-refractivity contribution is 1.18. The molecule has 2 aliphatic rings. The summed E-state index contributed by atoms with van der Waals surface area (Å²) in [6.07, 6.45) is 0.704. The van der Waals surface area contributed by atoms with Crippen LogP contribution in [0.1, 0.15) is 11.1 Å². The largest absolute Gasteiger partial charge is 0.308 e. The zero-order valence-electron chi connectivity index (χ0n) is 27.2. The summed E-state index contributed by atoms with van der Waals surface area (Å²) in [7, 11) is 0. The van der Waals surface area contributed by atoms with Crippen molar-refractivity contribution in [3.05, 3.63) is 177 Å². The van der Waals surface area contributed by atoms with Crippen LogP contribution in [0.2, 0.25) is 0 Å². The Morgan fingerprint density at radius 2 is 1.10 bits per heavy atom. The molecule has 2 aromatic heterocycles. The minimum atomic E-state index is -0.0525. The Morgan fingerprint density at radius 3 is 1.94 bits per heavy atom. The topological polar surface area (TPSA) is 38.5 Å². The lowest BCUT2D eigenvalue weighted by atomic mass is 9.36. The van der Waals surface area contributed by atoms with Gasteiger partial charge < -0.3 is 4.40 Å². The highest BCUT2D eigenvalue weighted by Crippen LogP contribution is 2.39. The van der Waals surface area contributed by atoms with Gasteiger partial charge in [0.25, 0.3) is 0 Å². The second-order valence-corrected chi connectivity index (χ2v) is 15.7. The molecule has 0 atom stereocenters. The number of pyridine rings is 2. The van der Waals surface area contributed by atoms with E-state index in [1.54, 1.807) is 0 Å². The molecule has 0 radical (unpaired) electrons. The molecule has 0 aliphatic carbocycles. The molecule has 11 rings (SSSR count). The van der Waals surface area contributed by atoms with Crippen molar-refractivity contribution in [3.8, 4) is 11.1 Å². The number of hydrogen-bond donors (Lipinski definition) is 0. The average molecular weight is 688 g/mol. The van der Waals surface area contributed by atoms with Gasteiger partial charge in [0.15, 0.2) is 10.9 Å². The highest BCUT2D eigenvalue weighted by Gasteiger charge is 2.37. The summed E-state index contributed by atoms with van der Waals surface area (Å²) in [5, 5.41) is 2.43. The zero-order valence-corrected chi connectivity index (χ0v) is 28.9. The summed E-state index contributed by atoms with van der Waals surface area (Å²) in [5.41, 5.74) is 10.5. The van der Waals surface area contributed by atoms with Gasteiger partial charge in [-0.15, -0.1) is 0 Å². The summed E-state index contributed by atoms with van der Waals surface area (Å²) in [6.45, 7) is 0.227. The van der Waals surface area contributed by atoms with Gasteiger partial charge in [0.1, 0.15) is 0 Å². The van der Waals surface area contributed by atoms with Crippen LogP contribution in [0.25, 0.3) is 49.2 Å². The highest BCUT2D eigenvalue weighted by molar-refractivity contribution is 8.01. The first kappa shape index (κ1) is 29.2. The predicted molar refractivity (Wildman–Crippen MR) is 214 cm³/mol. The van der Waals surface area contributed by atoms with Crippen LogP contribution < -0.4 is 27.2 Å². The van der Waals surface area contributed by atoms with E-state index >= 15 is 0 Å². The Hall–Kier alpha value is -5.56. The SMILES string of the molecule is O=c1c2ccccc2n2c3ccc(Cc4ccc5c(c4)Sc4cccc6c4B5c4ccccc4S6)cc3c(=O)c3cc(-c4ccccc4)cc1c32. The van der Waals surface area contributed by atoms with Gasteiger partial charge >= 0.3 is 0 Å². The second-order valence-electron chi connectivity index (χ2n) is 13.5. The van der Waals surface area contributed by atoms with Crippen molar-refractivity contribution >= 4 is 84.7 Å². The second kappa shape index (κ2) is 11.0. The third kappa shape index (κ3) is 4.30. The molecule has 51 heavy (non-hydrogen) atoms. The third-order valence-electron chi connectivity index (χ3n) is 10.6. The van der Waals surface area contributed by atoms with Crippen LogP contribution >= 0.6 is 23.5 Å². The molecule has 0 amide bonds. The van der Waals surface area contributed by atoms with Gasteiger partial charge in [-0.3, -0.25) is 9.59 Å².